The molecule has 78 valence electrons. The Balaban J connectivity index is 2.59. The number of hydrogen-bond acceptors (Lipinski definition) is 3. The Labute approximate surface area is 87.7 Å². The maximum absolute atomic E-state index is 11.0. The van der Waals surface area contributed by atoms with Crippen LogP contribution in [0.4, 0.5) is 0 Å². The zero-order valence-corrected chi connectivity index (χ0v) is 8.67. The molecule has 0 bridgehead atoms. The number of allylic oxidation sites excluding steroid dienone is 1. The van der Waals surface area contributed by atoms with Crippen molar-refractivity contribution in [2.75, 3.05) is 13.0 Å². The Bertz CT molecular complexity index is 289. The van der Waals surface area contributed by atoms with E-state index < -0.39 is 5.66 Å². The summed E-state index contributed by atoms with van der Waals surface area (Å²) in [7, 11) is 1.58. The SMILES string of the molecule is COC1=CCC(N)(NC(=O)CCl)C=C1. The normalized spacial score (nSPS) is 25.5. The first kappa shape index (κ1) is 11.1. The van der Waals surface area contributed by atoms with E-state index in [1.165, 1.54) is 0 Å². The standard InChI is InChI=1S/C9H13ClN2O2/c1-14-7-2-4-9(11,5-3-7)12-8(13)6-10/h2-4H,5-6,11H2,1H3,(H,12,13). The number of carbonyl (C=O) groups excluding carboxylic acids is 1. The van der Waals surface area contributed by atoms with Crippen molar-refractivity contribution in [1.29, 1.82) is 0 Å². The lowest BCUT2D eigenvalue weighted by Crippen LogP contribution is -2.55. The summed E-state index contributed by atoms with van der Waals surface area (Å²) < 4.78 is 5.00. The van der Waals surface area contributed by atoms with Crippen LogP contribution in [0.25, 0.3) is 0 Å². The van der Waals surface area contributed by atoms with Gasteiger partial charge in [0, 0.05) is 6.42 Å². The average Bonchev–Trinajstić information content (AvgIpc) is 2.18. The van der Waals surface area contributed by atoms with Crippen LogP contribution in [0, 0.1) is 0 Å². The lowest BCUT2D eigenvalue weighted by atomic mass is 10.0. The van der Waals surface area contributed by atoms with Crippen LogP contribution >= 0.6 is 11.6 Å². The van der Waals surface area contributed by atoms with Gasteiger partial charge in [0.15, 0.2) is 0 Å². The second kappa shape index (κ2) is 4.48. The molecule has 14 heavy (non-hydrogen) atoms. The van der Waals surface area contributed by atoms with Crippen molar-refractivity contribution in [2.24, 2.45) is 5.73 Å². The summed E-state index contributed by atoms with van der Waals surface area (Å²) >= 11 is 5.36. The Morgan fingerprint density at radius 3 is 3.00 bits per heavy atom. The molecule has 1 rings (SSSR count). The summed E-state index contributed by atoms with van der Waals surface area (Å²) in [6, 6.07) is 0. The Hall–Kier alpha value is -1.00. The van der Waals surface area contributed by atoms with Gasteiger partial charge in [0.25, 0.3) is 0 Å². The molecule has 1 aliphatic rings. The number of methoxy groups -OCH3 is 1. The smallest absolute Gasteiger partial charge is 0.236 e. The van der Waals surface area contributed by atoms with Crippen LogP contribution in [0.1, 0.15) is 6.42 Å². The van der Waals surface area contributed by atoms with Crippen molar-refractivity contribution in [1.82, 2.24) is 5.32 Å². The number of nitrogens with two attached hydrogens (primary N) is 1. The van der Waals surface area contributed by atoms with Crippen LogP contribution in [-0.2, 0) is 9.53 Å². The lowest BCUT2D eigenvalue weighted by Gasteiger charge is -2.28. The van der Waals surface area contributed by atoms with E-state index in [0.717, 1.165) is 5.76 Å². The zero-order chi connectivity index (χ0) is 10.6. The quantitative estimate of drug-likeness (QED) is 0.533. The van der Waals surface area contributed by atoms with Crippen LogP contribution in [0.5, 0.6) is 0 Å². The molecule has 0 saturated carbocycles. The van der Waals surface area contributed by atoms with E-state index in [-0.39, 0.29) is 11.8 Å². The van der Waals surface area contributed by atoms with E-state index in [2.05, 4.69) is 5.32 Å². The number of alkyl halides is 1. The van der Waals surface area contributed by atoms with Crippen molar-refractivity contribution in [3.05, 3.63) is 24.0 Å². The fraction of sp³-hybridized carbons (Fsp3) is 0.444. The minimum absolute atomic E-state index is 0.0896. The maximum Gasteiger partial charge on any atom is 0.236 e. The number of hydrogen-bond donors (Lipinski definition) is 2. The third-order valence-corrected chi connectivity index (χ3v) is 2.16. The van der Waals surface area contributed by atoms with Gasteiger partial charge in [-0.1, -0.05) is 0 Å². The number of ether oxygens (including phenoxy) is 1. The fourth-order valence-corrected chi connectivity index (χ4v) is 1.24. The summed E-state index contributed by atoms with van der Waals surface area (Å²) in [6.07, 6.45) is 5.72. The molecule has 0 aromatic heterocycles. The van der Waals surface area contributed by atoms with Gasteiger partial charge in [0.05, 0.1) is 7.11 Å². The highest BCUT2D eigenvalue weighted by atomic mass is 35.5. The van der Waals surface area contributed by atoms with Gasteiger partial charge < -0.3 is 15.8 Å². The van der Waals surface area contributed by atoms with Crippen LogP contribution in [-0.4, -0.2) is 24.6 Å². The minimum atomic E-state index is -0.839. The van der Waals surface area contributed by atoms with E-state index in [0.29, 0.717) is 6.42 Å². The zero-order valence-electron chi connectivity index (χ0n) is 7.92. The molecule has 5 heteroatoms. The highest BCUT2D eigenvalue weighted by Crippen LogP contribution is 2.16. The van der Waals surface area contributed by atoms with Gasteiger partial charge in [0.1, 0.15) is 17.3 Å². The Morgan fingerprint density at radius 2 is 2.57 bits per heavy atom. The second-order valence-corrected chi connectivity index (χ2v) is 3.34. The van der Waals surface area contributed by atoms with E-state index in [1.54, 1.807) is 19.3 Å². The highest BCUT2D eigenvalue weighted by Gasteiger charge is 2.24. The lowest BCUT2D eigenvalue weighted by molar-refractivity contribution is -0.120. The van der Waals surface area contributed by atoms with E-state index in [1.807, 2.05) is 6.08 Å². The van der Waals surface area contributed by atoms with Crippen LogP contribution in [0.3, 0.4) is 0 Å². The van der Waals surface area contributed by atoms with Crippen molar-refractivity contribution >= 4 is 17.5 Å². The molecule has 0 heterocycles. The molecule has 1 aliphatic carbocycles. The topological polar surface area (TPSA) is 64.3 Å². The predicted molar refractivity (Wildman–Crippen MR) is 54.6 cm³/mol. The molecule has 0 spiro atoms. The minimum Gasteiger partial charge on any atom is -0.497 e. The molecule has 0 saturated heterocycles. The predicted octanol–water partition coefficient (Wildman–Crippen LogP) is 0.487. The number of halogens is 1. The largest absolute Gasteiger partial charge is 0.497 e. The molecule has 0 aromatic carbocycles. The number of nitrogens with one attached hydrogen (secondary N) is 1. The van der Waals surface area contributed by atoms with E-state index >= 15 is 0 Å². The van der Waals surface area contributed by atoms with Gasteiger partial charge in [-0.2, -0.15) is 0 Å². The van der Waals surface area contributed by atoms with Gasteiger partial charge in [0.2, 0.25) is 5.91 Å². The van der Waals surface area contributed by atoms with Gasteiger partial charge in [-0.05, 0) is 18.2 Å². The highest BCUT2D eigenvalue weighted by molar-refractivity contribution is 6.27. The number of rotatable bonds is 3. The molecule has 4 nitrogen and oxygen atoms in total. The molecule has 0 aliphatic heterocycles. The second-order valence-electron chi connectivity index (χ2n) is 3.07. The molecular formula is C9H13ClN2O2. The molecule has 0 radical (unpaired) electrons. The van der Waals surface area contributed by atoms with E-state index in [4.69, 9.17) is 22.1 Å². The molecule has 1 amide bonds. The van der Waals surface area contributed by atoms with Crippen LogP contribution < -0.4 is 11.1 Å². The van der Waals surface area contributed by atoms with Gasteiger partial charge in [-0.25, -0.2) is 0 Å². The van der Waals surface area contributed by atoms with Crippen molar-refractivity contribution in [2.45, 2.75) is 12.1 Å². The first-order valence-corrected chi connectivity index (χ1v) is 4.72. The Kier molecular flexibility index (Phi) is 3.55. The van der Waals surface area contributed by atoms with Crippen molar-refractivity contribution in [3.8, 4) is 0 Å². The van der Waals surface area contributed by atoms with Crippen molar-refractivity contribution < 1.29 is 9.53 Å². The van der Waals surface area contributed by atoms with Crippen LogP contribution in [0.2, 0.25) is 0 Å². The fourth-order valence-electron chi connectivity index (χ4n) is 1.17. The first-order chi connectivity index (χ1) is 6.59. The summed E-state index contributed by atoms with van der Waals surface area (Å²) in [6.45, 7) is 0. The molecular weight excluding hydrogens is 204 g/mol. The number of carbonyl (C=O) groups is 1. The summed E-state index contributed by atoms with van der Waals surface area (Å²) in [5, 5.41) is 2.61. The monoisotopic (exact) mass is 216 g/mol. The molecule has 1 atom stereocenters. The maximum atomic E-state index is 11.0. The van der Waals surface area contributed by atoms with Gasteiger partial charge in [-0.15, -0.1) is 11.6 Å². The van der Waals surface area contributed by atoms with Crippen molar-refractivity contribution in [3.63, 3.8) is 0 Å². The molecule has 3 N–H and O–H groups in total. The summed E-state index contributed by atoms with van der Waals surface area (Å²) in [5.74, 6) is 0.368. The third kappa shape index (κ3) is 2.75. The van der Waals surface area contributed by atoms with E-state index in [9.17, 15) is 4.79 Å². The first-order valence-electron chi connectivity index (χ1n) is 4.19. The summed E-state index contributed by atoms with van der Waals surface area (Å²) in [4.78, 5) is 11.0. The van der Waals surface area contributed by atoms with Crippen LogP contribution in [0.15, 0.2) is 24.0 Å². The number of amides is 1. The van der Waals surface area contributed by atoms with Gasteiger partial charge in [-0.3, -0.25) is 4.79 Å². The summed E-state index contributed by atoms with van der Waals surface area (Å²) in [5.41, 5.74) is 5.04. The average molecular weight is 217 g/mol. The molecule has 1 unspecified atom stereocenters. The van der Waals surface area contributed by atoms with Gasteiger partial charge >= 0.3 is 0 Å². The molecule has 0 aromatic rings. The Morgan fingerprint density at radius 1 is 1.86 bits per heavy atom. The molecule has 0 fully saturated rings. The third-order valence-electron chi connectivity index (χ3n) is 1.92.